The second-order valence-electron chi connectivity index (χ2n) is 3.06. The first-order chi connectivity index (χ1) is 7.58. The van der Waals surface area contributed by atoms with Crippen molar-refractivity contribution in [2.45, 2.75) is 0 Å². The summed E-state index contributed by atoms with van der Waals surface area (Å²) in [6.45, 7) is 0. The molecule has 0 bridgehead atoms. The van der Waals surface area contributed by atoms with Gasteiger partial charge in [0.15, 0.2) is 0 Å². The van der Waals surface area contributed by atoms with E-state index in [0.717, 1.165) is 4.47 Å². The number of hydrogen-bond donors (Lipinski definition) is 0. The van der Waals surface area contributed by atoms with Crippen molar-refractivity contribution in [3.8, 4) is 0 Å². The van der Waals surface area contributed by atoms with Crippen LogP contribution < -0.4 is 0 Å². The highest BCUT2D eigenvalue weighted by Gasteiger charge is 2.12. The van der Waals surface area contributed by atoms with Crippen molar-refractivity contribution in [3.63, 3.8) is 0 Å². The smallest absolute Gasteiger partial charge is 0.203 e. The zero-order chi connectivity index (χ0) is 11.7. The molecule has 0 fully saturated rings. The van der Waals surface area contributed by atoms with Gasteiger partial charge in [0.25, 0.3) is 0 Å². The molecule has 0 aliphatic heterocycles. The lowest BCUT2D eigenvalue weighted by molar-refractivity contribution is 0.104. The molecule has 16 heavy (non-hydrogen) atoms. The quantitative estimate of drug-likeness (QED) is 0.702. The summed E-state index contributed by atoms with van der Waals surface area (Å²) in [6.07, 6.45) is 0. The van der Waals surface area contributed by atoms with Crippen molar-refractivity contribution < 1.29 is 4.79 Å². The molecule has 82 valence electrons. The Morgan fingerprint density at radius 3 is 2.50 bits per heavy atom. The summed E-state index contributed by atoms with van der Waals surface area (Å²) < 4.78 is 1.38. The Kier molecular flexibility index (Phi) is 3.70. The second-order valence-corrected chi connectivity index (χ2v) is 6.04. The monoisotopic (exact) mass is 334 g/mol. The number of thiophene rings is 1. The minimum atomic E-state index is -0.0636. The van der Waals surface area contributed by atoms with Crippen LogP contribution >= 0.6 is 50.5 Å². The van der Waals surface area contributed by atoms with E-state index in [0.29, 0.717) is 19.8 Å². The molecule has 2 aromatic rings. The van der Waals surface area contributed by atoms with Crippen molar-refractivity contribution in [1.29, 1.82) is 0 Å². The highest BCUT2D eigenvalue weighted by atomic mass is 79.9. The molecule has 1 heterocycles. The van der Waals surface area contributed by atoms with Gasteiger partial charge in [-0.15, -0.1) is 11.3 Å². The molecule has 0 radical (unpaired) electrons. The van der Waals surface area contributed by atoms with Crippen LogP contribution in [0.15, 0.2) is 34.8 Å². The van der Waals surface area contributed by atoms with Gasteiger partial charge in [0.2, 0.25) is 5.78 Å². The maximum absolute atomic E-state index is 12.0. The molecule has 2 rings (SSSR count). The van der Waals surface area contributed by atoms with E-state index in [1.807, 2.05) is 0 Å². The third kappa shape index (κ3) is 2.48. The Hall–Kier alpha value is -0.350. The second kappa shape index (κ2) is 4.88. The zero-order valence-electron chi connectivity index (χ0n) is 7.84. The number of carbonyl (C=O) groups excluding carboxylic acids is 1. The minimum Gasteiger partial charge on any atom is -0.288 e. The highest BCUT2D eigenvalue weighted by molar-refractivity contribution is 9.10. The van der Waals surface area contributed by atoms with E-state index in [9.17, 15) is 4.79 Å². The number of benzene rings is 1. The normalized spacial score (nSPS) is 10.4. The van der Waals surface area contributed by atoms with Gasteiger partial charge in [-0.3, -0.25) is 4.79 Å². The Balaban J connectivity index is 2.38. The van der Waals surface area contributed by atoms with Crippen molar-refractivity contribution in [1.82, 2.24) is 0 Å². The van der Waals surface area contributed by atoms with Gasteiger partial charge in [-0.2, -0.15) is 0 Å². The van der Waals surface area contributed by atoms with Gasteiger partial charge < -0.3 is 0 Å². The molecule has 0 N–H and O–H groups in total. The minimum absolute atomic E-state index is 0.0636. The average molecular weight is 336 g/mol. The third-order valence-electron chi connectivity index (χ3n) is 1.98. The van der Waals surface area contributed by atoms with E-state index in [1.54, 1.807) is 30.3 Å². The summed E-state index contributed by atoms with van der Waals surface area (Å²) in [5.74, 6) is -0.0636. The van der Waals surface area contributed by atoms with E-state index >= 15 is 0 Å². The molecular formula is C11H5BrCl2OS. The standard InChI is InChI=1S/C11H5BrCl2OS/c12-7-2-1-6(5-8(7)13)11(15)9-3-4-10(14)16-9/h1-5H. The van der Waals surface area contributed by atoms with Gasteiger partial charge in [-0.05, 0) is 46.3 Å². The van der Waals surface area contributed by atoms with Crippen molar-refractivity contribution >= 4 is 56.3 Å². The molecule has 5 heteroatoms. The Morgan fingerprint density at radius 1 is 1.19 bits per heavy atom. The Bertz CT molecular complexity index is 551. The van der Waals surface area contributed by atoms with Crippen LogP contribution in [-0.4, -0.2) is 5.78 Å². The van der Waals surface area contributed by atoms with Gasteiger partial charge in [0, 0.05) is 10.0 Å². The summed E-state index contributed by atoms with van der Waals surface area (Å²) in [5.41, 5.74) is 0.562. The van der Waals surface area contributed by atoms with E-state index in [-0.39, 0.29) is 5.78 Å². The van der Waals surface area contributed by atoms with Crippen LogP contribution in [0.5, 0.6) is 0 Å². The highest BCUT2D eigenvalue weighted by Crippen LogP contribution is 2.27. The summed E-state index contributed by atoms with van der Waals surface area (Å²) in [7, 11) is 0. The van der Waals surface area contributed by atoms with Crippen molar-refractivity contribution in [2.75, 3.05) is 0 Å². The lowest BCUT2D eigenvalue weighted by Gasteiger charge is -2.00. The first kappa shape index (κ1) is 12.1. The maximum atomic E-state index is 12.0. The summed E-state index contributed by atoms with van der Waals surface area (Å²) in [6, 6.07) is 8.55. The van der Waals surface area contributed by atoms with Gasteiger partial charge in [0.1, 0.15) is 0 Å². The topological polar surface area (TPSA) is 17.1 Å². The van der Waals surface area contributed by atoms with Gasteiger partial charge in [0.05, 0.1) is 14.2 Å². The van der Waals surface area contributed by atoms with Gasteiger partial charge in [-0.25, -0.2) is 0 Å². The van der Waals surface area contributed by atoms with Crippen LogP contribution in [0.2, 0.25) is 9.36 Å². The molecule has 1 aromatic carbocycles. The fraction of sp³-hybridized carbons (Fsp3) is 0. The zero-order valence-corrected chi connectivity index (χ0v) is 11.8. The number of rotatable bonds is 2. The summed E-state index contributed by atoms with van der Waals surface area (Å²) in [4.78, 5) is 12.6. The van der Waals surface area contributed by atoms with Crippen LogP contribution in [0.4, 0.5) is 0 Å². The molecule has 0 saturated heterocycles. The first-order valence-corrected chi connectivity index (χ1v) is 6.69. The fourth-order valence-electron chi connectivity index (χ4n) is 1.22. The molecule has 1 nitrogen and oxygen atoms in total. The van der Waals surface area contributed by atoms with E-state index in [2.05, 4.69) is 15.9 Å². The predicted molar refractivity (Wildman–Crippen MR) is 71.9 cm³/mol. The van der Waals surface area contributed by atoms with Crippen molar-refractivity contribution in [2.24, 2.45) is 0 Å². The molecular weight excluding hydrogens is 331 g/mol. The number of carbonyl (C=O) groups is 1. The molecule has 0 unspecified atom stereocenters. The maximum Gasteiger partial charge on any atom is 0.203 e. The molecule has 1 aromatic heterocycles. The third-order valence-corrected chi connectivity index (χ3v) is 4.44. The number of hydrogen-bond acceptors (Lipinski definition) is 2. The van der Waals surface area contributed by atoms with Gasteiger partial charge >= 0.3 is 0 Å². The summed E-state index contributed by atoms with van der Waals surface area (Å²) >= 11 is 16.2. The lowest BCUT2D eigenvalue weighted by Crippen LogP contribution is -1.97. The van der Waals surface area contributed by atoms with Crippen LogP contribution in [0.3, 0.4) is 0 Å². The largest absolute Gasteiger partial charge is 0.288 e. The molecule has 0 aliphatic rings. The SMILES string of the molecule is O=C(c1ccc(Br)c(Cl)c1)c1ccc(Cl)s1. The number of halogens is 3. The number of ketones is 1. The molecule has 0 aliphatic carbocycles. The fourth-order valence-corrected chi connectivity index (χ4v) is 2.65. The van der Waals surface area contributed by atoms with Crippen LogP contribution in [0.25, 0.3) is 0 Å². The average Bonchev–Trinajstić information content (AvgIpc) is 2.68. The van der Waals surface area contributed by atoms with E-state index in [4.69, 9.17) is 23.2 Å². The molecule has 0 amide bonds. The van der Waals surface area contributed by atoms with Crippen LogP contribution in [0, 0.1) is 0 Å². The summed E-state index contributed by atoms with van der Waals surface area (Å²) in [5, 5.41) is 0.522. The Morgan fingerprint density at radius 2 is 1.94 bits per heavy atom. The van der Waals surface area contributed by atoms with Crippen LogP contribution in [0.1, 0.15) is 15.2 Å². The van der Waals surface area contributed by atoms with Gasteiger partial charge in [-0.1, -0.05) is 23.2 Å². The van der Waals surface area contributed by atoms with E-state index in [1.165, 1.54) is 11.3 Å². The predicted octanol–water partition coefficient (Wildman–Crippen LogP) is 5.05. The van der Waals surface area contributed by atoms with E-state index < -0.39 is 0 Å². The van der Waals surface area contributed by atoms with Crippen LogP contribution in [-0.2, 0) is 0 Å². The van der Waals surface area contributed by atoms with Crippen molar-refractivity contribution in [3.05, 3.63) is 54.6 Å². The molecule has 0 atom stereocenters. The molecule has 0 saturated carbocycles. The first-order valence-electron chi connectivity index (χ1n) is 4.33. The molecule has 0 spiro atoms. The Labute approximate surface area is 115 Å². The lowest BCUT2D eigenvalue weighted by atomic mass is 10.1.